The Balaban J connectivity index is 1.62. The number of nitrogens with zero attached hydrogens (tertiary/aromatic N) is 2. The van der Waals surface area contributed by atoms with Gasteiger partial charge in [-0.05, 0) is 36.6 Å². The van der Waals surface area contributed by atoms with E-state index in [4.69, 9.17) is 0 Å². The summed E-state index contributed by atoms with van der Waals surface area (Å²) in [5.74, 6) is 0.398. The minimum absolute atomic E-state index is 0.0737. The first-order valence-electron chi connectivity index (χ1n) is 11.5. The van der Waals surface area contributed by atoms with Gasteiger partial charge in [-0.2, -0.15) is 0 Å². The maximum atomic E-state index is 13.3. The number of likely N-dealkylation sites (tertiary alicyclic amines) is 1. The van der Waals surface area contributed by atoms with Crippen LogP contribution in [0.5, 0.6) is 0 Å². The molecule has 3 heterocycles. The first-order valence-corrected chi connectivity index (χ1v) is 12.4. The molecule has 29 heavy (non-hydrogen) atoms. The smallest absolute Gasteiger partial charge is 0.277 e. The number of thiophene rings is 1. The quantitative estimate of drug-likeness (QED) is 0.343. The van der Waals surface area contributed by atoms with Gasteiger partial charge in [-0.3, -0.25) is 14.5 Å². The Kier molecular flexibility index (Phi) is 8.34. The SMILES string of the molecule is CCCCCCCCCCN1C(=O)C(c2cccs2)=C(N2CCCC(C)C2)C1=O. The van der Waals surface area contributed by atoms with Crippen molar-refractivity contribution in [1.29, 1.82) is 0 Å². The van der Waals surface area contributed by atoms with Crippen molar-refractivity contribution >= 4 is 28.7 Å². The van der Waals surface area contributed by atoms with Gasteiger partial charge in [0.05, 0.1) is 5.57 Å². The van der Waals surface area contributed by atoms with Crippen LogP contribution in [0.15, 0.2) is 23.2 Å². The molecular formula is C24H36N2O2S. The molecule has 0 saturated carbocycles. The molecule has 1 unspecified atom stereocenters. The van der Waals surface area contributed by atoms with E-state index in [1.165, 1.54) is 49.8 Å². The van der Waals surface area contributed by atoms with E-state index >= 15 is 0 Å². The Hall–Kier alpha value is -1.62. The van der Waals surface area contributed by atoms with Crippen molar-refractivity contribution in [2.75, 3.05) is 19.6 Å². The fourth-order valence-corrected chi connectivity index (χ4v) is 5.26. The van der Waals surface area contributed by atoms with Crippen LogP contribution in [0.25, 0.3) is 5.57 Å². The second-order valence-electron chi connectivity index (χ2n) is 8.63. The summed E-state index contributed by atoms with van der Waals surface area (Å²) in [5, 5.41) is 1.98. The highest BCUT2D eigenvalue weighted by molar-refractivity contribution is 7.11. The summed E-state index contributed by atoms with van der Waals surface area (Å²) in [6.07, 6.45) is 12.0. The van der Waals surface area contributed by atoms with Crippen molar-refractivity contribution in [3.05, 3.63) is 28.1 Å². The molecule has 160 valence electrons. The van der Waals surface area contributed by atoms with E-state index in [-0.39, 0.29) is 11.8 Å². The Morgan fingerprint density at radius 1 is 1.03 bits per heavy atom. The number of unbranched alkanes of at least 4 members (excludes halogenated alkanes) is 7. The molecule has 0 N–H and O–H groups in total. The van der Waals surface area contributed by atoms with Crippen molar-refractivity contribution in [3.63, 3.8) is 0 Å². The van der Waals surface area contributed by atoms with Crippen molar-refractivity contribution in [2.24, 2.45) is 5.92 Å². The zero-order valence-electron chi connectivity index (χ0n) is 18.1. The molecule has 3 rings (SSSR count). The van der Waals surface area contributed by atoms with Gasteiger partial charge in [0.2, 0.25) is 0 Å². The van der Waals surface area contributed by atoms with Crippen molar-refractivity contribution < 1.29 is 9.59 Å². The molecule has 0 aliphatic carbocycles. The van der Waals surface area contributed by atoms with E-state index in [1.54, 1.807) is 11.3 Å². The molecule has 1 saturated heterocycles. The largest absolute Gasteiger partial charge is 0.366 e. The van der Waals surface area contributed by atoms with E-state index < -0.39 is 0 Å². The zero-order chi connectivity index (χ0) is 20.6. The monoisotopic (exact) mass is 416 g/mol. The molecule has 0 radical (unpaired) electrons. The lowest BCUT2D eigenvalue weighted by Crippen LogP contribution is -2.39. The highest BCUT2D eigenvalue weighted by atomic mass is 32.1. The first-order chi connectivity index (χ1) is 14.1. The predicted molar refractivity (Wildman–Crippen MR) is 121 cm³/mol. The average Bonchev–Trinajstić information content (AvgIpc) is 3.31. The highest BCUT2D eigenvalue weighted by Gasteiger charge is 2.42. The molecule has 5 heteroatoms. The normalized spacial score (nSPS) is 20.3. The molecule has 4 nitrogen and oxygen atoms in total. The lowest BCUT2D eigenvalue weighted by Gasteiger charge is -2.33. The summed E-state index contributed by atoms with van der Waals surface area (Å²) >= 11 is 1.55. The number of amides is 2. The number of rotatable bonds is 11. The van der Waals surface area contributed by atoms with Crippen LogP contribution in [-0.4, -0.2) is 41.2 Å². The summed E-state index contributed by atoms with van der Waals surface area (Å²) in [7, 11) is 0. The molecule has 2 aliphatic heterocycles. The molecule has 1 aromatic heterocycles. The van der Waals surface area contributed by atoms with E-state index in [0.717, 1.165) is 37.2 Å². The van der Waals surface area contributed by atoms with Gasteiger partial charge in [0, 0.05) is 24.5 Å². The molecule has 1 aromatic rings. The first kappa shape index (κ1) is 22.1. The van der Waals surface area contributed by atoms with E-state index in [9.17, 15) is 9.59 Å². The van der Waals surface area contributed by atoms with Crippen molar-refractivity contribution in [3.8, 4) is 0 Å². The molecule has 0 aromatic carbocycles. The van der Waals surface area contributed by atoms with Gasteiger partial charge >= 0.3 is 0 Å². The minimum Gasteiger partial charge on any atom is -0.366 e. The average molecular weight is 417 g/mol. The molecule has 0 bridgehead atoms. The minimum atomic E-state index is -0.0892. The second-order valence-corrected chi connectivity index (χ2v) is 9.58. The number of carbonyl (C=O) groups is 2. The third kappa shape index (κ3) is 5.50. The van der Waals surface area contributed by atoms with Crippen molar-refractivity contribution in [2.45, 2.75) is 78.1 Å². The maximum absolute atomic E-state index is 13.3. The molecule has 1 fully saturated rings. The van der Waals surface area contributed by atoms with Crippen LogP contribution in [0.2, 0.25) is 0 Å². The Morgan fingerprint density at radius 2 is 1.76 bits per heavy atom. The number of imide groups is 1. The van der Waals surface area contributed by atoms with E-state index in [0.29, 0.717) is 23.7 Å². The summed E-state index contributed by atoms with van der Waals surface area (Å²) < 4.78 is 0. The summed E-state index contributed by atoms with van der Waals surface area (Å²) in [5.41, 5.74) is 1.29. The molecule has 2 amide bonds. The Bertz CT molecular complexity index is 710. The standard InChI is InChI=1S/C24H36N2O2S/c1-3-4-5-6-7-8-9-10-16-26-23(27)21(20-14-12-17-29-20)22(24(26)28)25-15-11-13-19(2)18-25/h12,14,17,19H,3-11,13,15-16,18H2,1-2H3. The number of hydrogen-bond donors (Lipinski definition) is 0. The third-order valence-corrected chi connectivity index (χ3v) is 7.01. The molecule has 0 spiro atoms. The highest BCUT2D eigenvalue weighted by Crippen LogP contribution is 2.35. The number of piperidine rings is 1. The van der Waals surface area contributed by atoms with Crippen LogP contribution < -0.4 is 0 Å². The summed E-state index contributed by atoms with van der Waals surface area (Å²) in [6, 6.07) is 3.93. The van der Waals surface area contributed by atoms with Gasteiger partial charge < -0.3 is 4.90 Å². The fourth-order valence-electron chi connectivity index (χ4n) is 4.50. The third-order valence-electron chi connectivity index (χ3n) is 6.12. The zero-order valence-corrected chi connectivity index (χ0v) is 18.9. The van der Waals surface area contributed by atoms with Crippen LogP contribution in [0, 0.1) is 5.92 Å². The van der Waals surface area contributed by atoms with Gasteiger partial charge in [0.1, 0.15) is 5.70 Å². The second kappa shape index (κ2) is 11.0. The van der Waals surface area contributed by atoms with Crippen LogP contribution >= 0.6 is 11.3 Å². The predicted octanol–water partition coefficient (Wildman–Crippen LogP) is 5.70. The summed E-state index contributed by atoms with van der Waals surface area (Å²) in [6.45, 7) is 6.76. The van der Waals surface area contributed by atoms with Gasteiger partial charge in [-0.15, -0.1) is 11.3 Å². The Labute approximate surface area is 180 Å². The number of carbonyl (C=O) groups excluding carboxylic acids is 2. The van der Waals surface area contributed by atoms with Crippen LogP contribution in [0.3, 0.4) is 0 Å². The van der Waals surface area contributed by atoms with Gasteiger partial charge in [0.15, 0.2) is 0 Å². The molecular weight excluding hydrogens is 380 g/mol. The number of hydrogen-bond acceptors (Lipinski definition) is 4. The topological polar surface area (TPSA) is 40.6 Å². The summed E-state index contributed by atoms with van der Waals surface area (Å²) in [4.78, 5) is 31.1. The van der Waals surface area contributed by atoms with Gasteiger partial charge in [0.25, 0.3) is 11.8 Å². The van der Waals surface area contributed by atoms with Crippen molar-refractivity contribution in [1.82, 2.24) is 9.80 Å². The van der Waals surface area contributed by atoms with Crippen LogP contribution in [0.1, 0.15) is 82.9 Å². The van der Waals surface area contributed by atoms with Gasteiger partial charge in [-0.1, -0.05) is 64.9 Å². The molecule has 2 aliphatic rings. The fraction of sp³-hybridized carbons (Fsp3) is 0.667. The van der Waals surface area contributed by atoms with Gasteiger partial charge in [-0.25, -0.2) is 0 Å². The van der Waals surface area contributed by atoms with Crippen LogP contribution in [-0.2, 0) is 9.59 Å². The lowest BCUT2D eigenvalue weighted by atomic mass is 9.99. The maximum Gasteiger partial charge on any atom is 0.277 e. The lowest BCUT2D eigenvalue weighted by molar-refractivity contribution is -0.137. The molecule has 1 atom stereocenters. The Morgan fingerprint density at radius 3 is 2.41 bits per heavy atom. The van der Waals surface area contributed by atoms with E-state index in [2.05, 4.69) is 18.7 Å². The van der Waals surface area contributed by atoms with E-state index in [1.807, 2.05) is 17.5 Å². The van der Waals surface area contributed by atoms with Crippen LogP contribution in [0.4, 0.5) is 0 Å².